The van der Waals surface area contributed by atoms with Gasteiger partial charge in [0.05, 0.1) is 23.2 Å². The molecule has 0 aliphatic carbocycles. The first-order valence-corrected chi connectivity index (χ1v) is 12.5. The Morgan fingerprint density at radius 3 is 2.42 bits per heavy atom. The Morgan fingerprint density at radius 1 is 1.05 bits per heavy atom. The summed E-state index contributed by atoms with van der Waals surface area (Å²) in [6.45, 7) is 8.31. The van der Waals surface area contributed by atoms with Crippen molar-refractivity contribution in [1.82, 2.24) is 10.2 Å². The van der Waals surface area contributed by atoms with Gasteiger partial charge in [0, 0.05) is 30.0 Å². The SMILES string of the molecule is CC1=C(C(=O)OCCN(C)Cc2ccc(F)cc2)[C@H](c2cccc3c2OCO3)C(C(=O)OC(C)C)=C(C)N1. The van der Waals surface area contributed by atoms with Gasteiger partial charge in [0.15, 0.2) is 11.5 Å². The number of nitrogens with zero attached hydrogens (tertiary/aromatic N) is 1. The molecular formula is C29H33FN2O6. The van der Waals surface area contributed by atoms with Gasteiger partial charge in [0.1, 0.15) is 12.4 Å². The summed E-state index contributed by atoms with van der Waals surface area (Å²) >= 11 is 0. The molecule has 9 heteroatoms. The third kappa shape index (κ3) is 5.99. The van der Waals surface area contributed by atoms with Crippen LogP contribution in [0.5, 0.6) is 11.5 Å². The number of para-hydroxylation sites is 1. The number of fused-ring (bicyclic) bond motifs is 1. The molecule has 1 N–H and O–H groups in total. The van der Waals surface area contributed by atoms with E-state index in [0.29, 0.717) is 52.7 Å². The Hall–Kier alpha value is -3.85. The first-order valence-electron chi connectivity index (χ1n) is 12.5. The summed E-state index contributed by atoms with van der Waals surface area (Å²) < 4.78 is 35.8. The zero-order valence-corrected chi connectivity index (χ0v) is 22.3. The smallest absolute Gasteiger partial charge is 0.337 e. The number of likely N-dealkylation sites (N-methyl/N-ethyl adjacent to an activating group) is 1. The Bertz CT molecular complexity index is 1270. The van der Waals surface area contributed by atoms with Gasteiger partial charge in [-0.2, -0.15) is 0 Å². The Kier molecular flexibility index (Phi) is 8.36. The highest BCUT2D eigenvalue weighted by molar-refractivity contribution is 6.00. The van der Waals surface area contributed by atoms with Crippen molar-refractivity contribution in [3.63, 3.8) is 0 Å². The predicted octanol–water partition coefficient (Wildman–Crippen LogP) is 4.42. The lowest BCUT2D eigenvalue weighted by atomic mass is 9.80. The maximum atomic E-state index is 13.5. The number of hydrogen-bond acceptors (Lipinski definition) is 8. The fraction of sp³-hybridized carbons (Fsp3) is 0.379. The number of hydrogen-bond donors (Lipinski definition) is 1. The molecule has 0 aromatic heterocycles. The molecule has 0 saturated heterocycles. The number of benzene rings is 2. The number of halogens is 1. The van der Waals surface area contributed by atoms with Crippen LogP contribution < -0.4 is 14.8 Å². The minimum atomic E-state index is -0.774. The van der Waals surface area contributed by atoms with E-state index >= 15 is 0 Å². The van der Waals surface area contributed by atoms with E-state index in [-0.39, 0.29) is 25.3 Å². The Balaban J connectivity index is 1.57. The second-order valence-electron chi connectivity index (χ2n) is 9.67. The number of carbonyl (C=O) groups is 2. The van der Waals surface area contributed by atoms with Crippen molar-refractivity contribution >= 4 is 11.9 Å². The number of ether oxygens (including phenoxy) is 4. The average molecular weight is 525 g/mol. The normalized spacial score (nSPS) is 16.7. The fourth-order valence-corrected chi connectivity index (χ4v) is 4.66. The van der Waals surface area contributed by atoms with E-state index in [0.717, 1.165) is 5.56 Å². The van der Waals surface area contributed by atoms with Crippen LogP contribution in [0, 0.1) is 5.82 Å². The summed E-state index contributed by atoms with van der Waals surface area (Å²) in [6.07, 6.45) is -0.344. The van der Waals surface area contributed by atoms with Gasteiger partial charge < -0.3 is 24.3 Å². The van der Waals surface area contributed by atoms with E-state index < -0.39 is 17.9 Å². The van der Waals surface area contributed by atoms with Crippen molar-refractivity contribution in [3.05, 3.63) is 81.9 Å². The molecule has 0 amide bonds. The molecule has 4 rings (SSSR count). The van der Waals surface area contributed by atoms with Gasteiger partial charge in [0.2, 0.25) is 6.79 Å². The summed E-state index contributed by atoms with van der Waals surface area (Å²) in [5.41, 5.74) is 3.35. The van der Waals surface area contributed by atoms with Crippen LogP contribution in [-0.4, -0.2) is 49.9 Å². The summed E-state index contributed by atoms with van der Waals surface area (Å²) in [5.74, 6) is -1.10. The first kappa shape index (κ1) is 27.2. The Labute approximate surface area is 222 Å². The van der Waals surface area contributed by atoms with Crippen molar-refractivity contribution in [2.24, 2.45) is 0 Å². The monoisotopic (exact) mass is 524 g/mol. The van der Waals surface area contributed by atoms with Gasteiger partial charge in [-0.25, -0.2) is 14.0 Å². The minimum absolute atomic E-state index is 0.0503. The molecule has 2 heterocycles. The summed E-state index contributed by atoms with van der Waals surface area (Å²) in [6, 6.07) is 11.7. The van der Waals surface area contributed by atoms with Gasteiger partial charge >= 0.3 is 11.9 Å². The lowest BCUT2D eigenvalue weighted by Gasteiger charge is -2.31. The number of allylic oxidation sites excluding steroid dienone is 2. The summed E-state index contributed by atoms with van der Waals surface area (Å²) in [4.78, 5) is 28.8. The van der Waals surface area contributed by atoms with Gasteiger partial charge in [-0.15, -0.1) is 0 Å². The van der Waals surface area contributed by atoms with Gasteiger partial charge in [-0.05, 0) is 58.5 Å². The van der Waals surface area contributed by atoms with Crippen LogP contribution in [0.4, 0.5) is 4.39 Å². The molecule has 38 heavy (non-hydrogen) atoms. The van der Waals surface area contributed by atoms with E-state index in [1.54, 1.807) is 52.0 Å². The number of esters is 2. The number of dihydropyridines is 1. The van der Waals surface area contributed by atoms with E-state index in [2.05, 4.69) is 5.32 Å². The second kappa shape index (κ2) is 11.7. The van der Waals surface area contributed by atoms with E-state index in [9.17, 15) is 14.0 Å². The third-order valence-electron chi connectivity index (χ3n) is 6.35. The second-order valence-corrected chi connectivity index (χ2v) is 9.67. The average Bonchev–Trinajstić information content (AvgIpc) is 3.33. The van der Waals surface area contributed by atoms with Crippen molar-refractivity contribution in [1.29, 1.82) is 0 Å². The number of rotatable bonds is 9. The molecule has 0 spiro atoms. The lowest BCUT2D eigenvalue weighted by Crippen LogP contribution is -2.34. The molecule has 0 radical (unpaired) electrons. The first-order chi connectivity index (χ1) is 18.2. The van der Waals surface area contributed by atoms with Gasteiger partial charge in [-0.3, -0.25) is 4.90 Å². The van der Waals surface area contributed by atoms with Crippen molar-refractivity contribution in [3.8, 4) is 11.5 Å². The van der Waals surface area contributed by atoms with Crippen molar-refractivity contribution in [2.75, 3.05) is 27.0 Å². The van der Waals surface area contributed by atoms with Crippen LogP contribution in [0.1, 0.15) is 44.7 Å². The quantitative estimate of drug-likeness (QED) is 0.483. The van der Waals surface area contributed by atoms with Crippen molar-refractivity contribution in [2.45, 2.75) is 46.3 Å². The molecule has 0 unspecified atom stereocenters. The van der Waals surface area contributed by atoms with E-state index in [1.807, 2.05) is 18.0 Å². The fourth-order valence-electron chi connectivity index (χ4n) is 4.66. The molecule has 2 aliphatic heterocycles. The van der Waals surface area contributed by atoms with Crippen LogP contribution >= 0.6 is 0 Å². The zero-order valence-electron chi connectivity index (χ0n) is 22.3. The van der Waals surface area contributed by atoms with Gasteiger partial charge in [-0.1, -0.05) is 24.3 Å². The van der Waals surface area contributed by atoms with E-state index in [1.165, 1.54) is 12.1 Å². The molecule has 1 atom stereocenters. The standard InChI is InChI=1S/C29H33FN2O6/c1-17(2)38-29(34)25-19(4)31-18(3)24(26(25)22-7-6-8-23-27(22)37-16-36-23)28(33)35-14-13-32(5)15-20-9-11-21(30)12-10-20/h6-12,17,26,31H,13-16H2,1-5H3/t26-/m0/s1. The topological polar surface area (TPSA) is 86.3 Å². The molecule has 2 aliphatic rings. The number of nitrogens with one attached hydrogen (secondary N) is 1. The van der Waals surface area contributed by atoms with Gasteiger partial charge in [0.25, 0.3) is 0 Å². The molecule has 202 valence electrons. The highest BCUT2D eigenvalue weighted by atomic mass is 19.1. The largest absolute Gasteiger partial charge is 0.461 e. The number of carbonyl (C=O) groups excluding carboxylic acids is 2. The highest BCUT2D eigenvalue weighted by Crippen LogP contribution is 2.47. The molecule has 0 fully saturated rings. The molecule has 8 nitrogen and oxygen atoms in total. The minimum Gasteiger partial charge on any atom is -0.461 e. The molecule has 0 saturated carbocycles. The van der Waals surface area contributed by atoms with Crippen LogP contribution in [0.25, 0.3) is 0 Å². The van der Waals surface area contributed by atoms with Crippen LogP contribution in [-0.2, 0) is 25.6 Å². The molecule has 2 aromatic rings. The van der Waals surface area contributed by atoms with Crippen molar-refractivity contribution < 1.29 is 32.9 Å². The maximum Gasteiger partial charge on any atom is 0.337 e. The predicted molar refractivity (Wildman–Crippen MR) is 139 cm³/mol. The van der Waals surface area contributed by atoms with Crippen LogP contribution in [0.15, 0.2) is 65.0 Å². The summed E-state index contributed by atoms with van der Waals surface area (Å²) in [5, 5.41) is 3.16. The van der Waals surface area contributed by atoms with Crippen LogP contribution in [0.3, 0.4) is 0 Å². The van der Waals surface area contributed by atoms with E-state index in [4.69, 9.17) is 18.9 Å². The molecular weight excluding hydrogens is 491 g/mol. The Morgan fingerprint density at radius 2 is 1.74 bits per heavy atom. The summed E-state index contributed by atoms with van der Waals surface area (Å²) in [7, 11) is 1.89. The highest BCUT2D eigenvalue weighted by Gasteiger charge is 2.40. The third-order valence-corrected chi connectivity index (χ3v) is 6.35. The maximum absolute atomic E-state index is 13.5. The lowest BCUT2D eigenvalue weighted by molar-refractivity contribution is -0.143. The molecule has 2 aromatic carbocycles. The van der Waals surface area contributed by atoms with Crippen LogP contribution in [0.2, 0.25) is 0 Å². The zero-order chi connectivity index (χ0) is 27.4. The molecule has 0 bridgehead atoms.